The van der Waals surface area contributed by atoms with Crippen molar-refractivity contribution in [1.29, 1.82) is 0 Å². The highest BCUT2D eigenvalue weighted by Gasteiger charge is 2.24. The van der Waals surface area contributed by atoms with Crippen LogP contribution in [0.1, 0.15) is 33.3 Å². The predicted octanol–water partition coefficient (Wildman–Crippen LogP) is 1.67. The van der Waals surface area contributed by atoms with Gasteiger partial charge in [0.05, 0.1) is 12.6 Å². The summed E-state index contributed by atoms with van der Waals surface area (Å²) in [7, 11) is 1.72. The van der Waals surface area contributed by atoms with Gasteiger partial charge in [0.2, 0.25) is 0 Å². The highest BCUT2D eigenvalue weighted by Crippen LogP contribution is 2.21. The SMILES string of the molecule is CCNC(=NCc1cccc(OCC(N)=O)c1)NCC(OC)C(C)(C)C. The third-order valence-corrected chi connectivity index (χ3v) is 3.75. The first-order chi connectivity index (χ1) is 12.3. The average Bonchev–Trinajstić information content (AvgIpc) is 2.57. The second-order valence-electron chi connectivity index (χ2n) is 7.07. The number of nitrogens with two attached hydrogens (primary N) is 1. The highest BCUT2D eigenvalue weighted by atomic mass is 16.5. The van der Waals surface area contributed by atoms with E-state index in [1.54, 1.807) is 13.2 Å². The number of primary amides is 1. The molecule has 1 unspecified atom stereocenters. The number of aliphatic imine (C=N–C) groups is 1. The Bertz CT molecular complexity index is 597. The zero-order chi connectivity index (χ0) is 19.6. The van der Waals surface area contributed by atoms with Crippen molar-refractivity contribution in [3.63, 3.8) is 0 Å². The number of hydrogen-bond donors (Lipinski definition) is 3. The lowest BCUT2D eigenvalue weighted by Crippen LogP contribution is -2.45. The van der Waals surface area contributed by atoms with Gasteiger partial charge in [-0.15, -0.1) is 0 Å². The van der Waals surface area contributed by atoms with E-state index in [1.165, 1.54) is 0 Å². The molecule has 146 valence electrons. The minimum Gasteiger partial charge on any atom is -0.484 e. The van der Waals surface area contributed by atoms with Crippen LogP contribution in [0, 0.1) is 5.41 Å². The zero-order valence-corrected chi connectivity index (χ0v) is 16.5. The Morgan fingerprint density at radius 1 is 1.31 bits per heavy atom. The predicted molar refractivity (Wildman–Crippen MR) is 104 cm³/mol. The molecule has 0 saturated heterocycles. The standard InChI is InChI=1S/C19H32N4O3/c1-6-21-18(23-12-16(25-5)19(2,3)4)22-11-14-8-7-9-15(10-14)26-13-17(20)24/h7-10,16H,6,11-13H2,1-5H3,(H2,20,24)(H2,21,22,23). The summed E-state index contributed by atoms with van der Waals surface area (Å²) >= 11 is 0. The molecule has 1 aromatic rings. The van der Waals surface area contributed by atoms with Crippen LogP contribution in [0.15, 0.2) is 29.3 Å². The van der Waals surface area contributed by atoms with E-state index < -0.39 is 5.91 Å². The van der Waals surface area contributed by atoms with E-state index in [9.17, 15) is 4.79 Å². The lowest BCUT2D eigenvalue weighted by atomic mass is 9.89. The molecule has 1 rings (SSSR count). The smallest absolute Gasteiger partial charge is 0.255 e. The number of carbonyl (C=O) groups excluding carboxylic acids is 1. The molecule has 4 N–H and O–H groups in total. The molecule has 0 radical (unpaired) electrons. The van der Waals surface area contributed by atoms with Gasteiger partial charge in [-0.2, -0.15) is 0 Å². The van der Waals surface area contributed by atoms with Gasteiger partial charge in [0, 0.05) is 20.2 Å². The summed E-state index contributed by atoms with van der Waals surface area (Å²) in [6, 6.07) is 7.45. The van der Waals surface area contributed by atoms with Crippen LogP contribution >= 0.6 is 0 Å². The van der Waals surface area contributed by atoms with E-state index in [0.717, 1.165) is 18.1 Å². The van der Waals surface area contributed by atoms with E-state index in [-0.39, 0.29) is 18.1 Å². The first-order valence-electron chi connectivity index (χ1n) is 8.81. The van der Waals surface area contributed by atoms with Gasteiger partial charge >= 0.3 is 0 Å². The van der Waals surface area contributed by atoms with Crippen molar-refractivity contribution in [2.75, 3.05) is 26.8 Å². The molecule has 0 saturated carbocycles. The topological polar surface area (TPSA) is 98.0 Å². The summed E-state index contributed by atoms with van der Waals surface area (Å²) < 4.78 is 10.9. The van der Waals surface area contributed by atoms with Crippen LogP contribution in [0.5, 0.6) is 5.75 Å². The number of nitrogens with one attached hydrogen (secondary N) is 2. The molecule has 0 bridgehead atoms. The summed E-state index contributed by atoms with van der Waals surface area (Å²) in [6.45, 7) is 10.2. The van der Waals surface area contributed by atoms with E-state index in [0.29, 0.717) is 18.8 Å². The number of nitrogens with zero attached hydrogens (tertiary/aromatic N) is 1. The van der Waals surface area contributed by atoms with Gasteiger partial charge < -0.3 is 25.8 Å². The van der Waals surface area contributed by atoms with Crippen molar-refractivity contribution >= 4 is 11.9 Å². The van der Waals surface area contributed by atoms with Crippen LogP contribution in [-0.4, -0.2) is 44.8 Å². The number of hydrogen-bond acceptors (Lipinski definition) is 4. The Kier molecular flexibility index (Phi) is 8.92. The summed E-state index contributed by atoms with van der Waals surface area (Å²) in [4.78, 5) is 15.4. The Balaban J connectivity index is 2.71. The molecule has 0 heterocycles. The highest BCUT2D eigenvalue weighted by molar-refractivity contribution is 5.79. The number of guanidine groups is 1. The largest absolute Gasteiger partial charge is 0.484 e. The van der Waals surface area contributed by atoms with Crippen LogP contribution in [0.3, 0.4) is 0 Å². The molecule has 7 heteroatoms. The van der Waals surface area contributed by atoms with Crippen molar-refractivity contribution in [2.24, 2.45) is 16.1 Å². The minimum absolute atomic E-state index is 0.0329. The fraction of sp³-hybridized carbons (Fsp3) is 0.579. The Morgan fingerprint density at radius 2 is 2.04 bits per heavy atom. The van der Waals surface area contributed by atoms with Crippen LogP contribution in [-0.2, 0) is 16.1 Å². The first-order valence-corrected chi connectivity index (χ1v) is 8.81. The molecule has 1 atom stereocenters. The molecular weight excluding hydrogens is 332 g/mol. The maximum absolute atomic E-state index is 10.8. The van der Waals surface area contributed by atoms with Gasteiger partial charge in [-0.25, -0.2) is 4.99 Å². The quantitative estimate of drug-likeness (QED) is 0.457. The van der Waals surface area contributed by atoms with Crippen LogP contribution in [0.2, 0.25) is 0 Å². The fourth-order valence-electron chi connectivity index (χ4n) is 2.33. The Labute approximate surface area is 156 Å². The Morgan fingerprint density at radius 3 is 2.62 bits per heavy atom. The molecule has 1 aromatic carbocycles. The summed E-state index contributed by atoms with van der Waals surface area (Å²) in [5.41, 5.74) is 6.11. The molecule has 7 nitrogen and oxygen atoms in total. The molecule has 1 amide bonds. The van der Waals surface area contributed by atoms with Crippen molar-refractivity contribution in [1.82, 2.24) is 10.6 Å². The van der Waals surface area contributed by atoms with Gasteiger partial charge in [-0.1, -0.05) is 32.9 Å². The molecule has 0 aliphatic rings. The van der Waals surface area contributed by atoms with Gasteiger partial charge in [0.15, 0.2) is 12.6 Å². The number of carbonyl (C=O) groups is 1. The van der Waals surface area contributed by atoms with Crippen LogP contribution < -0.4 is 21.1 Å². The second-order valence-corrected chi connectivity index (χ2v) is 7.07. The number of methoxy groups -OCH3 is 1. The first kappa shape index (κ1) is 21.8. The number of ether oxygens (including phenoxy) is 2. The molecular formula is C19H32N4O3. The monoisotopic (exact) mass is 364 g/mol. The number of rotatable bonds is 9. The molecule has 0 aliphatic heterocycles. The Hall–Kier alpha value is -2.28. The lowest BCUT2D eigenvalue weighted by Gasteiger charge is -2.30. The van der Waals surface area contributed by atoms with E-state index in [4.69, 9.17) is 15.2 Å². The maximum atomic E-state index is 10.8. The summed E-state index contributed by atoms with van der Waals surface area (Å²) in [6.07, 6.45) is 0.0666. The lowest BCUT2D eigenvalue weighted by molar-refractivity contribution is -0.119. The van der Waals surface area contributed by atoms with Gasteiger partial charge in [0.25, 0.3) is 5.91 Å². The summed E-state index contributed by atoms with van der Waals surface area (Å²) in [5, 5.41) is 6.55. The van der Waals surface area contributed by atoms with Crippen LogP contribution in [0.4, 0.5) is 0 Å². The van der Waals surface area contributed by atoms with Gasteiger partial charge in [-0.3, -0.25) is 4.79 Å². The number of amides is 1. The molecule has 26 heavy (non-hydrogen) atoms. The molecule has 0 aliphatic carbocycles. The van der Waals surface area contributed by atoms with Crippen molar-refractivity contribution in [3.05, 3.63) is 29.8 Å². The van der Waals surface area contributed by atoms with Gasteiger partial charge in [0.1, 0.15) is 5.75 Å². The van der Waals surface area contributed by atoms with E-state index in [1.807, 2.05) is 25.1 Å². The third-order valence-electron chi connectivity index (χ3n) is 3.75. The second kappa shape index (κ2) is 10.7. The molecule has 0 fully saturated rings. The zero-order valence-electron chi connectivity index (χ0n) is 16.5. The van der Waals surface area contributed by atoms with Crippen molar-refractivity contribution in [3.8, 4) is 5.75 Å². The molecule has 0 spiro atoms. The minimum atomic E-state index is -0.501. The number of benzene rings is 1. The third kappa shape index (κ3) is 8.20. The van der Waals surface area contributed by atoms with E-state index >= 15 is 0 Å². The fourth-order valence-corrected chi connectivity index (χ4v) is 2.33. The van der Waals surface area contributed by atoms with Crippen LogP contribution in [0.25, 0.3) is 0 Å². The normalized spacial score (nSPS) is 13.2. The van der Waals surface area contributed by atoms with E-state index in [2.05, 4.69) is 36.4 Å². The maximum Gasteiger partial charge on any atom is 0.255 e. The van der Waals surface area contributed by atoms with Crippen molar-refractivity contribution < 1.29 is 14.3 Å². The van der Waals surface area contributed by atoms with Gasteiger partial charge in [-0.05, 0) is 30.0 Å². The summed E-state index contributed by atoms with van der Waals surface area (Å²) in [5.74, 6) is 0.822. The molecule has 0 aromatic heterocycles. The van der Waals surface area contributed by atoms with Crippen molar-refractivity contribution in [2.45, 2.75) is 40.3 Å². The average molecular weight is 364 g/mol.